The van der Waals surface area contributed by atoms with Gasteiger partial charge in [0.25, 0.3) is 0 Å². The first-order valence-corrected chi connectivity index (χ1v) is 7.14. The van der Waals surface area contributed by atoms with Crippen molar-refractivity contribution in [2.24, 2.45) is 0 Å². The molecule has 5 nitrogen and oxygen atoms in total. The van der Waals surface area contributed by atoms with Gasteiger partial charge in [-0.3, -0.25) is 4.79 Å². The van der Waals surface area contributed by atoms with Crippen LogP contribution in [0.1, 0.15) is 18.5 Å². The number of amides is 1. The van der Waals surface area contributed by atoms with Crippen LogP contribution in [-0.2, 0) is 11.2 Å². The van der Waals surface area contributed by atoms with Crippen molar-refractivity contribution in [2.45, 2.75) is 25.3 Å². The molecule has 0 saturated carbocycles. The minimum atomic E-state index is 0.174. The fraction of sp³-hybridized carbons (Fsp3) is 0.467. The molecule has 0 unspecified atom stereocenters. The minimum absolute atomic E-state index is 0.174. The van der Waals surface area contributed by atoms with Crippen LogP contribution in [0.4, 0.5) is 0 Å². The van der Waals surface area contributed by atoms with Crippen LogP contribution in [0.3, 0.4) is 0 Å². The Morgan fingerprint density at radius 1 is 1.50 bits per heavy atom. The minimum Gasteiger partial charge on any atom is -0.341 e. The SMILES string of the molecule is CN[C@@H]1CCCN(C(=O)Cc2cn3ccccc3n2)C1. The molecule has 3 rings (SSSR count). The normalized spacial score (nSPS) is 19.4. The highest BCUT2D eigenvalue weighted by Crippen LogP contribution is 2.12. The lowest BCUT2D eigenvalue weighted by Gasteiger charge is -2.32. The predicted octanol–water partition coefficient (Wildman–Crippen LogP) is 1.09. The standard InChI is InChI=1S/C15H20N4O/c1-16-12-5-4-8-19(10-12)15(20)9-13-11-18-7-3-2-6-14(18)17-13/h2-3,6-7,11-12,16H,4-5,8-10H2,1H3/t12-/m1/s1. The van der Waals surface area contributed by atoms with E-state index in [9.17, 15) is 4.79 Å². The van der Waals surface area contributed by atoms with E-state index in [1.807, 2.05) is 46.9 Å². The number of carbonyl (C=O) groups is 1. The van der Waals surface area contributed by atoms with Crippen molar-refractivity contribution in [3.8, 4) is 0 Å². The van der Waals surface area contributed by atoms with E-state index >= 15 is 0 Å². The third kappa shape index (κ3) is 2.67. The van der Waals surface area contributed by atoms with E-state index in [-0.39, 0.29) is 5.91 Å². The summed E-state index contributed by atoms with van der Waals surface area (Å²) in [5.74, 6) is 0.174. The zero-order chi connectivity index (χ0) is 13.9. The van der Waals surface area contributed by atoms with Crippen LogP contribution in [0, 0.1) is 0 Å². The summed E-state index contributed by atoms with van der Waals surface area (Å²) in [4.78, 5) is 18.8. The average molecular weight is 272 g/mol. The number of likely N-dealkylation sites (tertiary alicyclic amines) is 1. The molecule has 0 radical (unpaired) electrons. The van der Waals surface area contributed by atoms with Gasteiger partial charge in [0.1, 0.15) is 5.65 Å². The van der Waals surface area contributed by atoms with Gasteiger partial charge in [0.15, 0.2) is 0 Å². The summed E-state index contributed by atoms with van der Waals surface area (Å²) in [6.45, 7) is 1.67. The van der Waals surface area contributed by atoms with E-state index in [0.717, 1.165) is 37.3 Å². The molecule has 1 amide bonds. The lowest BCUT2D eigenvalue weighted by atomic mass is 10.1. The number of hydrogen-bond donors (Lipinski definition) is 1. The number of pyridine rings is 1. The van der Waals surface area contributed by atoms with Crippen LogP contribution in [0.2, 0.25) is 0 Å². The molecular weight excluding hydrogens is 252 g/mol. The van der Waals surface area contributed by atoms with Gasteiger partial charge >= 0.3 is 0 Å². The Labute approximate surface area is 118 Å². The second-order valence-electron chi connectivity index (χ2n) is 5.34. The molecule has 106 valence electrons. The van der Waals surface area contributed by atoms with E-state index in [1.165, 1.54) is 0 Å². The zero-order valence-electron chi connectivity index (χ0n) is 11.7. The maximum Gasteiger partial charge on any atom is 0.228 e. The summed E-state index contributed by atoms with van der Waals surface area (Å²) >= 11 is 0. The summed E-state index contributed by atoms with van der Waals surface area (Å²) in [6, 6.07) is 6.29. The Balaban J connectivity index is 1.68. The molecule has 0 bridgehead atoms. The van der Waals surface area contributed by atoms with Crippen LogP contribution in [-0.4, -0.2) is 46.4 Å². The van der Waals surface area contributed by atoms with Gasteiger partial charge < -0.3 is 14.6 Å². The Morgan fingerprint density at radius 3 is 3.20 bits per heavy atom. The quantitative estimate of drug-likeness (QED) is 0.910. The van der Waals surface area contributed by atoms with Gasteiger partial charge in [-0.25, -0.2) is 4.98 Å². The highest BCUT2D eigenvalue weighted by atomic mass is 16.2. The Hall–Kier alpha value is -1.88. The molecule has 1 aliphatic rings. The molecular formula is C15H20N4O. The molecule has 1 saturated heterocycles. The van der Waals surface area contributed by atoms with Gasteiger partial charge in [-0.2, -0.15) is 0 Å². The van der Waals surface area contributed by atoms with Crippen molar-refractivity contribution >= 4 is 11.6 Å². The molecule has 2 aromatic rings. The van der Waals surface area contributed by atoms with Gasteiger partial charge in [-0.15, -0.1) is 0 Å². The fourth-order valence-electron chi connectivity index (χ4n) is 2.78. The van der Waals surface area contributed by atoms with Crippen LogP contribution >= 0.6 is 0 Å². The number of imidazole rings is 1. The van der Waals surface area contributed by atoms with Gasteiger partial charge in [0.05, 0.1) is 12.1 Å². The topological polar surface area (TPSA) is 49.6 Å². The monoisotopic (exact) mass is 272 g/mol. The maximum atomic E-state index is 12.4. The smallest absolute Gasteiger partial charge is 0.228 e. The van der Waals surface area contributed by atoms with Crippen molar-refractivity contribution in [1.29, 1.82) is 0 Å². The number of hydrogen-bond acceptors (Lipinski definition) is 3. The first-order valence-electron chi connectivity index (χ1n) is 7.14. The molecule has 0 spiro atoms. The molecule has 1 aliphatic heterocycles. The summed E-state index contributed by atoms with van der Waals surface area (Å²) < 4.78 is 1.95. The third-order valence-electron chi connectivity index (χ3n) is 3.93. The molecule has 20 heavy (non-hydrogen) atoms. The van der Waals surface area contributed by atoms with E-state index in [4.69, 9.17) is 0 Å². The summed E-state index contributed by atoms with van der Waals surface area (Å²) in [6.07, 6.45) is 6.50. The first kappa shape index (κ1) is 13.1. The highest BCUT2D eigenvalue weighted by molar-refractivity contribution is 5.78. The van der Waals surface area contributed by atoms with Crippen LogP contribution in [0.15, 0.2) is 30.6 Å². The van der Waals surface area contributed by atoms with E-state index in [1.54, 1.807) is 0 Å². The average Bonchev–Trinajstić information content (AvgIpc) is 2.89. The van der Waals surface area contributed by atoms with E-state index < -0.39 is 0 Å². The number of piperidine rings is 1. The number of nitrogens with zero attached hydrogens (tertiary/aromatic N) is 3. The number of carbonyl (C=O) groups excluding carboxylic acids is 1. The number of likely N-dealkylation sites (N-methyl/N-ethyl adjacent to an activating group) is 1. The second kappa shape index (κ2) is 5.63. The third-order valence-corrected chi connectivity index (χ3v) is 3.93. The van der Waals surface area contributed by atoms with Gasteiger partial charge in [0.2, 0.25) is 5.91 Å². The summed E-state index contributed by atoms with van der Waals surface area (Å²) in [5, 5.41) is 3.26. The van der Waals surface area contributed by atoms with Gasteiger partial charge in [-0.1, -0.05) is 6.07 Å². The molecule has 1 fully saturated rings. The Kier molecular flexibility index (Phi) is 3.69. The van der Waals surface area contributed by atoms with Crippen LogP contribution < -0.4 is 5.32 Å². The van der Waals surface area contributed by atoms with Crippen molar-refractivity contribution in [1.82, 2.24) is 19.6 Å². The number of aromatic nitrogens is 2. The van der Waals surface area contributed by atoms with Gasteiger partial charge in [-0.05, 0) is 32.0 Å². The first-order chi connectivity index (χ1) is 9.76. The zero-order valence-corrected chi connectivity index (χ0v) is 11.7. The van der Waals surface area contributed by atoms with Crippen LogP contribution in [0.5, 0.6) is 0 Å². The fourth-order valence-corrected chi connectivity index (χ4v) is 2.78. The van der Waals surface area contributed by atoms with Crippen LogP contribution in [0.25, 0.3) is 5.65 Å². The molecule has 0 aromatic carbocycles. The van der Waals surface area contributed by atoms with Crippen molar-refractivity contribution in [3.05, 3.63) is 36.3 Å². The number of rotatable bonds is 3. The molecule has 1 N–H and O–H groups in total. The van der Waals surface area contributed by atoms with Gasteiger partial charge in [0, 0.05) is 31.5 Å². The van der Waals surface area contributed by atoms with E-state index in [0.29, 0.717) is 12.5 Å². The lowest BCUT2D eigenvalue weighted by molar-refractivity contribution is -0.131. The van der Waals surface area contributed by atoms with Crippen molar-refractivity contribution in [3.63, 3.8) is 0 Å². The van der Waals surface area contributed by atoms with E-state index in [2.05, 4.69) is 10.3 Å². The summed E-state index contributed by atoms with van der Waals surface area (Å²) in [7, 11) is 1.96. The number of nitrogens with one attached hydrogen (secondary N) is 1. The number of fused-ring (bicyclic) bond motifs is 1. The Morgan fingerprint density at radius 2 is 2.40 bits per heavy atom. The molecule has 0 aliphatic carbocycles. The lowest BCUT2D eigenvalue weighted by Crippen LogP contribution is -2.47. The molecule has 3 heterocycles. The summed E-state index contributed by atoms with van der Waals surface area (Å²) in [5.41, 5.74) is 1.73. The largest absolute Gasteiger partial charge is 0.341 e. The Bertz CT molecular complexity index is 574. The highest BCUT2D eigenvalue weighted by Gasteiger charge is 2.23. The maximum absolute atomic E-state index is 12.4. The second-order valence-corrected chi connectivity index (χ2v) is 5.34. The molecule has 5 heteroatoms. The molecule has 1 atom stereocenters. The van der Waals surface area contributed by atoms with Crippen molar-refractivity contribution < 1.29 is 4.79 Å². The predicted molar refractivity (Wildman–Crippen MR) is 77.6 cm³/mol. The van der Waals surface area contributed by atoms with Crippen molar-refractivity contribution in [2.75, 3.05) is 20.1 Å². The molecule has 2 aromatic heterocycles.